The molecule has 0 amide bonds. The Morgan fingerprint density at radius 1 is 0.290 bits per heavy atom. The summed E-state index contributed by atoms with van der Waals surface area (Å²) in [7, 11) is 0. The van der Waals surface area contributed by atoms with Crippen molar-refractivity contribution < 1.29 is 4.74 Å². The summed E-state index contributed by atoms with van der Waals surface area (Å²) in [5.74, 6) is 1.73. The first-order chi connectivity index (χ1) is 30.3. The van der Waals surface area contributed by atoms with Crippen LogP contribution in [0.2, 0.25) is 0 Å². The van der Waals surface area contributed by atoms with Crippen LogP contribution in [0.1, 0.15) is 30.0 Å². The molecule has 0 atom stereocenters. The lowest BCUT2D eigenvalue weighted by Crippen LogP contribution is -2.15. The molecule has 0 radical (unpaired) electrons. The molecule has 11 aromatic rings. The van der Waals surface area contributed by atoms with E-state index >= 15 is 0 Å². The van der Waals surface area contributed by atoms with E-state index in [-0.39, 0.29) is 13.3 Å². The normalized spacial score (nSPS) is 12.1. The first kappa shape index (κ1) is 37.1. The van der Waals surface area contributed by atoms with Crippen molar-refractivity contribution in [2.75, 3.05) is 4.90 Å². The van der Waals surface area contributed by atoms with E-state index in [1.807, 2.05) is 0 Å². The molecule has 2 heteroatoms. The van der Waals surface area contributed by atoms with Crippen LogP contribution in [0.15, 0.2) is 231 Å². The molecule has 0 bridgehead atoms. The van der Waals surface area contributed by atoms with Gasteiger partial charge in [0.25, 0.3) is 0 Å². The molecule has 1 aliphatic heterocycles. The zero-order chi connectivity index (χ0) is 40.3. The molecular weight excluding hydrogens is 751 g/mol. The number of benzene rings is 11. The van der Waals surface area contributed by atoms with Crippen molar-refractivity contribution in [3.8, 4) is 33.8 Å². The molecular formula is C60H43NO. The Morgan fingerprint density at radius 3 is 1.08 bits per heavy atom. The van der Waals surface area contributed by atoms with Gasteiger partial charge in [-0.05, 0) is 96.5 Å². The highest BCUT2D eigenvalue weighted by Gasteiger charge is 2.35. The van der Waals surface area contributed by atoms with Gasteiger partial charge in [0, 0.05) is 44.9 Å². The van der Waals surface area contributed by atoms with Gasteiger partial charge in [0.15, 0.2) is 0 Å². The minimum atomic E-state index is -0.134. The van der Waals surface area contributed by atoms with E-state index < -0.39 is 0 Å². The van der Waals surface area contributed by atoms with E-state index in [1.165, 1.54) is 71.3 Å². The molecule has 0 fully saturated rings. The smallest absolute Gasteiger partial charge is 0.140 e. The van der Waals surface area contributed by atoms with Crippen LogP contribution in [0.4, 0.5) is 17.1 Å². The largest absolute Gasteiger partial charge is 0.455 e. The second kappa shape index (κ2) is 15.3. The minimum Gasteiger partial charge on any atom is -0.455 e. The molecule has 0 unspecified atom stereocenters. The van der Waals surface area contributed by atoms with Crippen molar-refractivity contribution in [1.29, 1.82) is 0 Å². The first-order valence-electron chi connectivity index (χ1n) is 21.0. The highest BCUT2D eigenvalue weighted by atomic mass is 16.5. The Labute approximate surface area is 362 Å². The van der Waals surface area contributed by atoms with Gasteiger partial charge in [0.05, 0.1) is 0 Å². The summed E-state index contributed by atoms with van der Waals surface area (Å²) in [5.41, 5.74) is 11.6. The maximum atomic E-state index is 7.37. The van der Waals surface area contributed by atoms with Crippen molar-refractivity contribution >= 4 is 60.2 Å². The molecule has 0 saturated carbocycles. The third kappa shape index (κ3) is 6.03. The van der Waals surface area contributed by atoms with Crippen molar-refractivity contribution in [3.63, 3.8) is 0 Å². The van der Waals surface area contributed by atoms with Gasteiger partial charge < -0.3 is 9.64 Å². The van der Waals surface area contributed by atoms with Crippen LogP contribution in [0, 0.1) is 0 Å². The SMILES string of the molecule is C.c1ccc(-c2ccc(N(c3ccc(-c4ccccc4)cc3)c3cccc(C4c5c(c6ccccc6c6ccccc56)Oc5c4c4ccccc4c4ccccc54)c3)cc2)cc1. The van der Waals surface area contributed by atoms with Crippen molar-refractivity contribution in [2.45, 2.75) is 13.3 Å². The van der Waals surface area contributed by atoms with E-state index in [0.717, 1.165) is 39.3 Å². The van der Waals surface area contributed by atoms with E-state index in [9.17, 15) is 0 Å². The van der Waals surface area contributed by atoms with Crippen LogP contribution in [-0.2, 0) is 0 Å². The van der Waals surface area contributed by atoms with Crippen LogP contribution in [0.5, 0.6) is 11.5 Å². The second-order valence-corrected chi connectivity index (χ2v) is 16.0. The molecule has 1 aliphatic rings. The summed E-state index contributed by atoms with van der Waals surface area (Å²) in [6.07, 6.45) is 0. The lowest BCUT2D eigenvalue weighted by molar-refractivity contribution is 0.467. The van der Waals surface area contributed by atoms with Crippen LogP contribution in [0.3, 0.4) is 0 Å². The highest BCUT2D eigenvalue weighted by molar-refractivity contribution is 6.17. The fourth-order valence-electron chi connectivity index (χ4n) is 9.80. The summed E-state index contributed by atoms with van der Waals surface area (Å²) in [6.45, 7) is 0. The zero-order valence-electron chi connectivity index (χ0n) is 33.4. The fourth-order valence-corrected chi connectivity index (χ4v) is 9.80. The third-order valence-electron chi connectivity index (χ3n) is 12.6. The van der Waals surface area contributed by atoms with Crippen molar-refractivity contribution in [2.24, 2.45) is 0 Å². The van der Waals surface area contributed by atoms with E-state index in [1.54, 1.807) is 0 Å². The van der Waals surface area contributed by atoms with E-state index in [2.05, 4.69) is 235 Å². The monoisotopic (exact) mass is 793 g/mol. The van der Waals surface area contributed by atoms with Gasteiger partial charge in [0.1, 0.15) is 11.5 Å². The number of fused-ring (bicyclic) bond motifs is 12. The third-order valence-corrected chi connectivity index (χ3v) is 12.6. The van der Waals surface area contributed by atoms with Gasteiger partial charge in [0.2, 0.25) is 0 Å². The fraction of sp³-hybridized carbons (Fsp3) is 0.0333. The number of nitrogens with zero attached hydrogens (tertiary/aromatic N) is 1. The van der Waals surface area contributed by atoms with Gasteiger partial charge >= 0.3 is 0 Å². The lowest BCUT2D eigenvalue weighted by atomic mass is 9.76. The topological polar surface area (TPSA) is 12.5 Å². The number of anilines is 3. The highest BCUT2D eigenvalue weighted by Crippen LogP contribution is 2.57. The standard InChI is InChI=1S/C59H39NO.CH4/c1-3-16-39(17-4-1)41-30-34-44(35-31-41)60(45-36-32-42(33-37-45)40-18-5-2-6-19-40)46-21-15-20-43(38-46)55-56-51-26-11-7-22-47(51)49-24-9-13-28-53(49)58(56)61-59-54-29-14-10-25-50(54)48-23-8-12-27-52(48)57(55)59;/h1-38,55H;1H4. The Balaban J connectivity index is 0.00000432. The average molecular weight is 794 g/mol. The molecule has 0 aliphatic carbocycles. The number of hydrogen-bond acceptors (Lipinski definition) is 2. The summed E-state index contributed by atoms with van der Waals surface area (Å²) < 4.78 is 7.37. The molecule has 1 heterocycles. The second-order valence-electron chi connectivity index (χ2n) is 16.0. The van der Waals surface area contributed by atoms with Gasteiger partial charge in [-0.3, -0.25) is 0 Å². The van der Waals surface area contributed by atoms with Crippen LogP contribution >= 0.6 is 0 Å². The van der Waals surface area contributed by atoms with Gasteiger partial charge in [-0.15, -0.1) is 0 Å². The summed E-state index contributed by atoms with van der Waals surface area (Å²) in [6, 6.07) is 83.5. The van der Waals surface area contributed by atoms with E-state index in [4.69, 9.17) is 4.74 Å². The van der Waals surface area contributed by atoms with Gasteiger partial charge in [-0.1, -0.05) is 202 Å². The Hall–Kier alpha value is -7.94. The summed E-state index contributed by atoms with van der Waals surface area (Å²) in [5, 5.41) is 9.52. The summed E-state index contributed by atoms with van der Waals surface area (Å²) >= 11 is 0. The molecule has 2 nitrogen and oxygen atoms in total. The molecule has 294 valence electrons. The Kier molecular flexibility index (Phi) is 9.13. The first-order valence-corrected chi connectivity index (χ1v) is 21.0. The lowest BCUT2D eigenvalue weighted by Gasteiger charge is -2.34. The summed E-state index contributed by atoms with van der Waals surface area (Å²) in [4.78, 5) is 2.39. The van der Waals surface area contributed by atoms with Crippen molar-refractivity contribution in [1.82, 2.24) is 0 Å². The minimum absolute atomic E-state index is 0. The number of hydrogen-bond donors (Lipinski definition) is 0. The van der Waals surface area contributed by atoms with E-state index in [0.29, 0.717) is 0 Å². The van der Waals surface area contributed by atoms with Crippen LogP contribution in [-0.4, -0.2) is 0 Å². The quantitative estimate of drug-likeness (QED) is 0.156. The predicted octanol–water partition coefficient (Wildman–Crippen LogP) is 17.0. The average Bonchev–Trinajstić information content (AvgIpc) is 3.35. The molecule has 12 rings (SSSR count). The predicted molar refractivity (Wildman–Crippen MR) is 263 cm³/mol. The zero-order valence-corrected chi connectivity index (χ0v) is 33.4. The molecule has 0 aromatic heterocycles. The molecule has 0 N–H and O–H groups in total. The van der Waals surface area contributed by atoms with Crippen LogP contribution < -0.4 is 9.64 Å². The number of ether oxygens (including phenoxy) is 1. The van der Waals surface area contributed by atoms with Gasteiger partial charge in [-0.2, -0.15) is 0 Å². The molecule has 62 heavy (non-hydrogen) atoms. The number of rotatable bonds is 6. The molecule has 0 saturated heterocycles. The van der Waals surface area contributed by atoms with Crippen LogP contribution in [0.25, 0.3) is 65.3 Å². The maximum Gasteiger partial charge on any atom is 0.140 e. The van der Waals surface area contributed by atoms with Crippen molar-refractivity contribution in [3.05, 3.63) is 247 Å². The Morgan fingerprint density at radius 2 is 0.645 bits per heavy atom. The Bertz CT molecular complexity index is 3220. The molecule has 11 aromatic carbocycles. The molecule has 0 spiro atoms. The van der Waals surface area contributed by atoms with Gasteiger partial charge in [-0.25, -0.2) is 0 Å². The maximum absolute atomic E-state index is 7.37.